The molecule has 2 aliphatic heterocycles. The number of carbonyl (C=O) groups is 1. The Kier molecular flexibility index (Phi) is 4.42. The van der Waals surface area contributed by atoms with Crippen LogP contribution >= 0.6 is 0 Å². The van der Waals surface area contributed by atoms with Gasteiger partial charge in [-0.15, -0.1) is 0 Å². The standard InChI is InChI=1S/C21H19N3O6/c1-26-15-6-4-14(9-17(15)27-2)24-10-13(8-19(24)25)21-22-20(23-30-21)12-3-5-16-18(7-12)29-11-28-16/h3-7,9,13H,8,10-11H2,1-2H3/t13-/m0/s1. The average Bonchev–Trinajstić information content (AvgIpc) is 3.51. The molecule has 0 aliphatic carbocycles. The zero-order chi connectivity index (χ0) is 20.7. The Morgan fingerprint density at radius 3 is 2.70 bits per heavy atom. The van der Waals surface area contributed by atoms with Crippen LogP contribution in [0.1, 0.15) is 18.2 Å². The van der Waals surface area contributed by atoms with Gasteiger partial charge in [0, 0.05) is 30.3 Å². The number of carbonyl (C=O) groups excluding carboxylic acids is 1. The molecule has 154 valence electrons. The van der Waals surface area contributed by atoms with Gasteiger partial charge in [0.1, 0.15) is 0 Å². The van der Waals surface area contributed by atoms with Crippen molar-refractivity contribution in [3.63, 3.8) is 0 Å². The van der Waals surface area contributed by atoms with E-state index in [2.05, 4.69) is 10.1 Å². The van der Waals surface area contributed by atoms with Gasteiger partial charge in [-0.1, -0.05) is 5.16 Å². The van der Waals surface area contributed by atoms with Gasteiger partial charge in [-0.25, -0.2) is 0 Å². The van der Waals surface area contributed by atoms with Crippen molar-refractivity contribution in [2.24, 2.45) is 0 Å². The molecule has 1 atom stereocenters. The van der Waals surface area contributed by atoms with Gasteiger partial charge in [-0.2, -0.15) is 4.98 Å². The number of ether oxygens (including phenoxy) is 4. The Labute approximate surface area is 172 Å². The summed E-state index contributed by atoms with van der Waals surface area (Å²) in [6.07, 6.45) is 0.289. The van der Waals surface area contributed by atoms with Crippen molar-refractivity contribution in [3.8, 4) is 34.4 Å². The molecule has 2 aromatic carbocycles. The molecule has 0 saturated carbocycles. The minimum Gasteiger partial charge on any atom is -0.493 e. The lowest BCUT2D eigenvalue weighted by Gasteiger charge is -2.18. The van der Waals surface area contributed by atoms with E-state index < -0.39 is 0 Å². The summed E-state index contributed by atoms with van der Waals surface area (Å²) in [5.41, 5.74) is 1.49. The molecule has 0 unspecified atom stereocenters. The van der Waals surface area contributed by atoms with Crippen LogP contribution in [0.2, 0.25) is 0 Å². The highest BCUT2D eigenvalue weighted by atomic mass is 16.7. The third kappa shape index (κ3) is 3.08. The van der Waals surface area contributed by atoms with Crippen LogP contribution in [-0.2, 0) is 4.79 Å². The van der Waals surface area contributed by atoms with Crippen LogP contribution in [0.15, 0.2) is 40.9 Å². The molecule has 3 aromatic rings. The first-order chi connectivity index (χ1) is 14.7. The molecule has 3 heterocycles. The van der Waals surface area contributed by atoms with Gasteiger partial charge < -0.3 is 28.4 Å². The summed E-state index contributed by atoms with van der Waals surface area (Å²) in [5.74, 6) is 3.17. The number of methoxy groups -OCH3 is 2. The second kappa shape index (κ2) is 7.25. The molecule has 5 rings (SSSR count). The summed E-state index contributed by atoms with van der Waals surface area (Å²) in [4.78, 5) is 18.9. The van der Waals surface area contributed by atoms with Crippen molar-refractivity contribution in [1.29, 1.82) is 0 Å². The fourth-order valence-corrected chi connectivity index (χ4v) is 3.67. The smallest absolute Gasteiger partial charge is 0.232 e. The molecule has 1 fully saturated rings. The highest BCUT2D eigenvalue weighted by Crippen LogP contribution is 2.38. The first kappa shape index (κ1) is 18.3. The number of anilines is 1. The second-order valence-corrected chi connectivity index (χ2v) is 6.97. The minimum atomic E-state index is -0.194. The summed E-state index contributed by atoms with van der Waals surface area (Å²) in [5, 5.41) is 4.08. The van der Waals surface area contributed by atoms with E-state index in [1.165, 1.54) is 0 Å². The number of nitrogens with zero attached hydrogens (tertiary/aromatic N) is 3. The van der Waals surface area contributed by atoms with E-state index in [-0.39, 0.29) is 25.0 Å². The normalized spacial score (nSPS) is 17.5. The predicted molar refractivity (Wildman–Crippen MR) is 105 cm³/mol. The molecule has 9 nitrogen and oxygen atoms in total. The number of hydrogen-bond donors (Lipinski definition) is 0. The van der Waals surface area contributed by atoms with Gasteiger partial charge in [-0.3, -0.25) is 4.79 Å². The number of amides is 1. The third-order valence-corrected chi connectivity index (χ3v) is 5.23. The van der Waals surface area contributed by atoms with Crippen LogP contribution in [0.25, 0.3) is 11.4 Å². The number of rotatable bonds is 5. The second-order valence-electron chi connectivity index (χ2n) is 6.97. The first-order valence-electron chi connectivity index (χ1n) is 9.42. The van der Waals surface area contributed by atoms with Crippen molar-refractivity contribution in [3.05, 3.63) is 42.3 Å². The number of benzene rings is 2. The van der Waals surface area contributed by atoms with E-state index >= 15 is 0 Å². The molecule has 0 spiro atoms. The Hall–Kier alpha value is -3.75. The Morgan fingerprint density at radius 2 is 1.87 bits per heavy atom. The van der Waals surface area contributed by atoms with E-state index in [0.29, 0.717) is 41.3 Å². The molecule has 30 heavy (non-hydrogen) atoms. The Morgan fingerprint density at radius 1 is 1.03 bits per heavy atom. The lowest BCUT2D eigenvalue weighted by Crippen LogP contribution is -2.24. The first-order valence-corrected chi connectivity index (χ1v) is 9.42. The van der Waals surface area contributed by atoms with Crippen molar-refractivity contribution in [1.82, 2.24) is 10.1 Å². The zero-order valence-electron chi connectivity index (χ0n) is 16.5. The summed E-state index contributed by atoms with van der Waals surface area (Å²) in [7, 11) is 3.13. The van der Waals surface area contributed by atoms with Gasteiger partial charge in [0.15, 0.2) is 23.0 Å². The quantitative estimate of drug-likeness (QED) is 0.635. The fraction of sp³-hybridized carbons (Fsp3) is 0.286. The highest BCUT2D eigenvalue weighted by molar-refractivity contribution is 5.96. The van der Waals surface area contributed by atoms with Crippen LogP contribution in [0, 0.1) is 0 Å². The highest BCUT2D eigenvalue weighted by Gasteiger charge is 2.35. The predicted octanol–water partition coefficient (Wildman–Crippen LogP) is 3.00. The van der Waals surface area contributed by atoms with E-state index in [1.54, 1.807) is 31.3 Å². The Bertz CT molecular complexity index is 1110. The van der Waals surface area contributed by atoms with E-state index in [4.69, 9.17) is 23.5 Å². The molecule has 1 amide bonds. The molecule has 9 heteroatoms. The van der Waals surface area contributed by atoms with Gasteiger partial charge in [0.25, 0.3) is 0 Å². The third-order valence-electron chi connectivity index (χ3n) is 5.23. The van der Waals surface area contributed by atoms with Crippen molar-refractivity contribution < 1.29 is 28.3 Å². The zero-order valence-corrected chi connectivity index (χ0v) is 16.5. The molecule has 0 N–H and O–H groups in total. The van der Waals surface area contributed by atoms with Crippen LogP contribution < -0.4 is 23.8 Å². The number of aromatic nitrogens is 2. The maximum Gasteiger partial charge on any atom is 0.232 e. The molecule has 0 radical (unpaired) electrons. The largest absolute Gasteiger partial charge is 0.493 e. The summed E-state index contributed by atoms with van der Waals surface area (Å²) in [6.45, 7) is 0.642. The van der Waals surface area contributed by atoms with Crippen LogP contribution in [0.5, 0.6) is 23.0 Å². The molecule has 1 saturated heterocycles. The lowest BCUT2D eigenvalue weighted by atomic mass is 10.1. The van der Waals surface area contributed by atoms with Crippen LogP contribution in [0.3, 0.4) is 0 Å². The fourth-order valence-electron chi connectivity index (χ4n) is 3.67. The van der Waals surface area contributed by atoms with Crippen LogP contribution in [0.4, 0.5) is 5.69 Å². The molecule has 2 aliphatic rings. The molecular formula is C21H19N3O6. The summed E-state index contributed by atoms with van der Waals surface area (Å²) >= 11 is 0. The maximum absolute atomic E-state index is 12.7. The molecular weight excluding hydrogens is 390 g/mol. The average molecular weight is 409 g/mol. The van der Waals surface area contributed by atoms with Crippen LogP contribution in [-0.4, -0.2) is 43.6 Å². The number of fused-ring (bicyclic) bond motifs is 1. The van der Waals surface area contributed by atoms with Gasteiger partial charge in [0.05, 0.1) is 20.1 Å². The lowest BCUT2D eigenvalue weighted by molar-refractivity contribution is -0.117. The molecule has 0 bridgehead atoms. The van der Waals surface area contributed by atoms with E-state index in [1.807, 2.05) is 24.3 Å². The van der Waals surface area contributed by atoms with Gasteiger partial charge in [-0.05, 0) is 30.3 Å². The van der Waals surface area contributed by atoms with Crippen molar-refractivity contribution in [2.75, 3.05) is 32.5 Å². The van der Waals surface area contributed by atoms with Gasteiger partial charge in [0.2, 0.25) is 24.4 Å². The van der Waals surface area contributed by atoms with Crippen molar-refractivity contribution in [2.45, 2.75) is 12.3 Å². The topological polar surface area (TPSA) is 96.2 Å². The monoisotopic (exact) mass is 409 g/mol. The van der Waals surface area contributed by atoms with E-state index in [9.17, 15) is 4.79 Å². The van der Waals surface area contributed by atoms with Gasteiger partial charge >= 0.3 is 0 Å². The summed E-state index contributed by atoms with van der Waals surface area (Å²) < 4.78 is 26.8. The SMILES string of the molecule is COc1ccc(N2C[C@@H](c3nc(-c4ccc5c(c4)OCO5)no3)CC2=O)cc1OC. The molecule has 1 aromatic heterocycles. The minimum absolute atomic E-state index is 0.0185. The van der Waals surface area contributed by atoms with E-state index in [0.717, 1.165) is 11.3 Å². The number of hydrogen-bond acceptors (Lipinski definition) is 8. The van der Waals surface area contributed by atoms with Crippen molar-refractivity contribution >= 4 is 11.6 Å². The summed E-state index contributed by atoms with van der Waals surface area (Å²) in [6, 6.07) is 10.9. The maximum atomic E-state index is 12.7. The Balaban J connectivity index is 1.36.